The Morgan fingerprint density at radius 1 is 1.29 bits per heavy atom. The van der Waals surface area contributed by atoms with E-state index < -0.39 is 5.91 Å². The molecule has 0 atom stereocenters. The summed E-state index contributed by atoms with van der Waals surface area (Å²) < 4.78 is 0. The van der Waals surface area contributed by atoms with Gasteiger partial charge in [-0.25, -0.2) is 15.0 Å². The molecule has 2 heterocycles. The molecule has 88 valence electrons. The predicted octanol–water partition coefficient (Wildman–Crippen LogP) is 1.39. The number of carbonyl (C=O) groups excluding carboxylic acids is 1. The number of thiazole rings is 1. The number of nitrogens with zero attached hydrogens (tertiary/aromatic N) is 3. The van der Waals surface area contributed by atoms with Crippen LogP contribution in [0.15, 0.2) is 11.4 Å². The summed E-state index contributed by atoms with van der Waals surface area (Å²) in [5, 5.41) is 5.07. The van der Waals surface area contributed by atoms with Crippen LogP contribution in [0, 0.1) is 13.8 Å². The zero-order valence-electron chi connectivity index (χ0n) is 9.39. The summed E-state index contributed by atoms with van der Waals surface area (Å²) in [7, 11) is 0. The number of nitrogens with one attached hydrogen (secondary N) is 1. The van der Waals surface area contributed by atoms with Gasteiger partial charge in [-0.05, 0) is 19.9 Å². The number of aryl methyl sites for hydroxylation is 2. The van der Waals surface area contributed by atoms with Gasteiger partial charge >= 0.3 is 0 Å². The Kier molecular flexibility index (Phi) is 3.01. The third kappa shape index (κ3) is 2.76. The van der Waals surface area contributed by atoms with Gasteiger partial charge in [0.05, 0.1) is 0 Å². The average molecular weight is 249 g/mol. The molecule has 0 saturated carbocycles. The van der Waals surface area contributed by atoms with E-state index in [-0.39, 0.29) is 5.69 Å². The monoisotopic (exact) mass is 249 g/mol. The van der Waals surface area contributed by atoms with Gasteiger partial charge in [0.2, 0.25) is 5.95 Å². The maximum atomic E-state index is 10.9. The summed E-state index contributed by atoms with van der Waals surface area (Å²) in [6.07, 6.45) is 0. The lowest BCUT2D eigenvalue weighted by Crippen LogP contribution is -2.11. The Hall–Kier alpha value is -2.02. The minimum atomic E-state index is -0.546. The molecular weight excluding hydrogens is 238 g/mol. The first kappa shape index (κ1) is 11.5. The molecule has 3 N–H and O–H groups in total. The lowest BCUT2D eigenvalue weighted by Gasteiger charge is -2.02. The molecule has 2 aromatic heterocycles. The molecule has 0 fully saturated rings. The number of aromatic nitrogens is 3. The number of carbonyl (C=O) groups is 1. The molecular formula is C10H11N5OS. The van der Waals surface area contributed by atoms with Gasteiger partial charge in [-0.15, -0.1) is 11.3 Å². The number of amides is 1. The van der Waals surface area contributed by atoms with Crippen LogP contribution in [0.25, 0.3) is 0 Å². The maximum Gasteiger partial charge on any atom is 0.268 e. The Morgan fingerprint density at radius 3 is 2.47 bits per heavy atom. The van der Waals surface area contributed by atoms with E-state index in [1.54, 1.807) is 5.38 Å². The molecule has 1 amide bonds. The van der Waals surface area contributed by atoms with Crippen molar-refractivity contribution in [2.75, 3.05) is 5.32 Å². The van der Waals surface area contributed by atoms with E-state index in [1.807, 2.05) is 19.9 Å². The Bertz CT molecular complexity index is 545. The number of nitrogens with two attached hydrogens (primary N) is 1. The largest absolute Gasteiger partial charge is 0.364 e. The van der Waals surface area contributed by atoms with Gasteiger partial charge in [-0.1, -0.05) is 0 Å². The van der Waals surface area contributed by atoms with Crippen molar-refractivity contribution in [1.29, 1.82) is 0 Å². The van der Waals surface area contributed by atoms with Crippen molar-refractivity contribution >= 4 is 28.3 Å². The van der Waals surface area contributed by atoms with E-state index in [2.05, 4.69) is 20.3 Å². The predicted molar refractivity (Wildman–Crippen MR) is 65.4 cm³/mol. The molecule has 7 heteroatoms. The first-order valence-electron chi connectivity index (χ1n) is 4.89. The molecule has 0 radical (unpaired) electrons. The molecule has 17 heavy (non-hydrogen) atoms. The van der Waals surface area contributed by atoms with Gasteiger partial charge < -0.3 is 11.1 Å². The van der Waals surface area contributed by atoms with Crippen molar-refractivity contribution < 1.29 is 4.79 Å². The van der Waals surface area contributed by atoms with Gasteiger partial charge in [0.15, 0.2) is 5.13 Å². The normalized spacial score (nSPS) is 10.2. The second-order valence-electron chi connectivity index (χ2n) is 3.50. The van der Waals surface area contributed by atoms with Crippen LogP contribution in [0.2, 0.25) is 0 Å². The Morgan fingerprint density at radius 2 is 1.94 bits per heavy atom. The highest BCUT2D eigenvalue weighted by molar-refractivity contribution is 7.14. The number of primary amides is 1. The molecule has 0 unspecified atom stereocenters. The van der Waals surface area contributed by atoms with Crippen molar-refractivity contribution in [3.63, 3.8) is 0 Å². The fourth-order valence-corrected chi connectivity index (χ4v) is 2.02. The van der Waals surface area contributed by atoms with Crippen molar-refractivity contribution in [1.82, 2.24) is 15.0 Å². The summed E-state index contributed by atoms with van der Waals surface area (Å²) in [5.41, 5.74) is 7.09. The molecule has 0 spiro atoms. The molecule has 0 bridgehead atoms. The SMILES string of the molecule is Cc1cc(C)nc(Nc2nc(C(N)=O)cs2)n1. The number of hydrogen-bond donors (Lipinski definition) is 2. The van der Waals surface area contributed by atoms with Crippen molar-refractivity contribution in [3.05, 3.63) is 28.5 Å². The van der Waals surface area contributed by atoms with Crippen molar-refractivity contribution in [3.8, 4) is 0 Å². The average Bonchev–Trinajstić information content (AvgIpc) is 2.64. The molecule has 0 aromatic carbocycles. The van der Waals surface area contributed by atoms with Gasteiger partial charge in [-0.3, -0.25) is 4.79 Å². The van der Waals surface area contributed by atoms with Crippen LogP contribution in [0.4, 0.5) is 11.1 Å². The van der Waals surface area contributed by atoms with Gasteiger partial charge in [0.25, 0.3) is 5.91 Å². The standard InChI is InChI=1S/C10H11N5OS/c1-5-3-6(2)13-9(12-5)15-10-14-7(4-17-10)8(11)16/h3-4H,1-2H3,(H2,11,16)(H,12,13,14,15). The van der Waals surface area contributed by atoms with Crippen LogP contribution in [-0.2, 0) is 0 Å². The quantitative estimate of drug-likeness (QED) is 0.857. The lowest BCUT2D eigenvalue weighted by atomic mass is 10.4. The van der Waals surface area contributed by atoms with Crippen LogP contribution in [-0.4, -0.2) is 20.9 Å². The molecule has 0 aliphatic rings. The van der Waals surface area contributed by atoms with E-state index in [1.165, 1.54) is 11.3 Å². The fraction of sp³-hybridized carbons (Fsp3) is 0.200. The summed E-state index contributed by atoms with van der Waals surface area (Å²) >= 11 is 1.28. The second-order valence-corrected chi connectivity index (χ2v) is 4.36. The summed E-state index contributed by atoms with van der Waals surface area (Å²) in [5.74, 6) is -0.0801. The van der Waals surface area contributed by atoms with E-state index in [0.29, 0.717) is 11.1 Å². The third-order valence-electron chi connectivity index (χ3n) is 1.96. The van der Waals surface area contributed by atoms with Crippen molar-refractivity contribution in [2.24, 2.45) is 5.73 Å². The van der Waals surface area contributed by atoms with Crippen LogP contribution in [0.5, 0.6) is 0 Å². The topological polar surface area (TPSA) is 93.8 Å². The zero-order valence-corrected chi connectivity index (χ0v) is 10.2. The number of rotatable bonds is 3. The summed E-state index contributed by atoms with van der Waals surface area (Å²) in [6, 6.07) is 1.88. The minimum Gasteiger partial charge on any atom is -0.364 e. The third-order valence-corrected chi connectivity index (χ3v) is 2.72. The van der Waals surface area contributed by atoms with Gasteiger partial charge in [-0.2, -0.15) is 0 Å². The highest BCUT2D eigenvalue weighted by Gasteiger charge is 2.08. The highest BCUT2D eigenvalue weighted by atomic mass is 32.1. The smallest absolute Gasteiger partial charge is 0.268 e. The van der Waals surface area contributed by atoms with E-state index >= 15 is 0 Å². The fourth-order valence-electron chi connectivity index (χ4n) is 1.32. The Balaban J connectivity index is 2.22. The van der Waals surface area contributed by atoms with Gasteiger partial charge in [0, 0.05) is 16.8 Å². The van der Waals surface area contributed by atoms with Crippen LogP contribution in [0.1, 0.15) is 21.9 Å². The second kappa shape index (κ2) is 4.46. The van der Waals surface area contributed by atoms with Crippen LogP contribution >= 0.6 is 11.3 Å². The van der Waals surface area contributed by atoms with Crippen LogP contribution < -0.4 is 11.1 Å². The summed E-state index contributed by atoms with van der Waals surface area (Å²) in [6.45, 7) is 3.77. The Labute approximate surface area is 102 Å². The maximum absolute atomic E-state index is 10.9. The molecule has 0 aliphatic heterocycles. The highest BCUT2D eigenvalue weighted by Crippen LogP contribution is 2.18. The molecule has 2 aromatic rings. The minimum absolute atomic E-state index is 0.238. The number of hydrogen-bond acceptors (Lipinski definition) is 6. The van der Waals surface area contributed by atoms with Gasteiger partial charge in [0.1, 0.15) is 5.69 Å². The number of anilines is 2. The van der Waals surface area contributed by atoms with E-state index in [4.69, 9.17) is 5.73 Å². The molecule has 6 nitrogen and oxygen atoms in total. The zero-order chi connectivity index (χ0) is 12.4. The first-order chi connectivity index (χ1) is 8.04. The van der Waals surface area contributed by atoms with Crippen molar-refractivity contribution in [2.45, 2.75) is 13.8 Å². The molecule has 2 rings (SSSR count). The summed E-state index contributed by atoms with van der Waals surface area (Å²) in [4.78, 5) is 23.3. The lowest BCUT2D eigenvalue weighted by molar-refractivity contribution is 0.0996. The molecule has 0 aliphatic carbocycles. The first-order valence-corrected chi connectivity index (χ1v) is 5.77. The molecule has 0 saturated heterocycles. The van der Waals surface area contributed by atoms with Crippen LogP contribution in [0.3, 0.4) is 0 Å². The van der Waals surface area contributed by atoms with E-state index in [9.17, 15) is 4.79 Å². The van der Waals surface area contributed by atoms with E-state index in [0.717, 1.165) is 11.4 Å².